The normalized spacial score (nSPS) is 11.4. The predicted molar refractivity (Wildman–Crippen MR) is 277 cm³/mol. The zero-order valence-electron chi connectivity index (χ0n) is 38.8. The topological polar surface area (TPSA) is 142 Å². The molecule has 0 spiro atoms. The Bertz CT molecular complexity index is 3740. The van der Waals surface area contributed by atoms with E-state index in [2.05, 4.69) is 0 Å². The number of rotatable bonds is 12. The first kappa shape index (κ1) is 45.0. The zero-order chi connectivity index (χ0) is 47.8. The molecule has 73 heavy (non-hydrogen) atoms. The van der Waals surface area contributed by atoms with Gasteiger partial charge in [-0.05, 0) is 117 Å². The molecule has 3 aromatic heterocycles. The third kappa shape index (κ3) is 9.22. The second-order valence-corrected chi connectivity index (χ2v) is 17.4. The molecule has 0 N–H and O–H groups in total. The number of benzene rings is 8. The molecule has 0 aliphatic carbocycles. The van der Waals surface area contributed by atoms with Crippen molar-refractivity contribution in [3.05, 3.63) is 216 Å². The molecular weight excluding hydrogens is 960 g/mol. The van der Waals surface area contributed by atoms with Crippen molar-refractivity contribution in [3.8, 4) is 68.5 Å². The van der Waals surface area contributed by atoms with E-state index in [-0.39, 0.29) is 17.1 Å². The third-order valence-corrected chi connectivity index (χ3v) is 12.6. The van der Waals surface area contributed by atoms with Gasteiger partial charge in [-0.2, -0.15) is 0 Å². The van der Waals surface area contributed by atoms with E-state index in [0.717, 1.165) is 66.1 Å². The summed E-state index contributed by atoms with van der Waals surface area (Å²) in [6.45, 7) is 1.54. The van der Waals surface area contributed by atoms with Crippen LogP contribution in [0.3, 0.4) is 0 Å². The number of nitrogens with zero attached hydrogens (tertiary/aromatic N) is 8. The Morgan fingerprint density at radius 3 is 0.904 bits per heavy atom. The molecule has 8 bridgehead atoms. The van der Waals surface area contributed by atoms with Gasteiger partial charge in [0.15, 0.2) is 0 Å². The van der Waals surface area contributed by atoms with Crippen LogP contribution in [0.1, 0.15) is 22.3 Å². The minimum absolute atomic E-state index is 0. The standard InChI is InChI=1S/C60H40N8O4.Cu/c1-5-13-37(14-6-1)33-69-41-21-25-45-49(29-41)57-61-53(45)66-58-51-31-43(71-35-39-17-9-3-10-18-39)23-27-47(51)55(63-58)68-60-52-32-44(72-36-40-19-11-4-12-20-40)24-28-48(52)56(64-60)67-59-50-30-42(22-26-46(50)54(62-59)65-57)70-34-38-15-7-2-8-16-38;/h1-32H,33-36H2;/q-2;+2. The van der Waals surface area contributed by atoms with Crippen LogP contribution in [0.2, 0.25) is 0 Å². The second kappa shape index (κ2) is 19.6. The van der Waals surface area contributed by atoms with Gasteiger partial charge in [0.1, 0.15) is 49.4 Å². The summed E-state index contributed by atoms with van der Waals surface area (Å²) in [5, 5.41) is 2.97. The summed E-state index contributed by atoms with van der Waals surface area (Å²) in [5.74, 6) is 4.27. The smallest absolute Gasteiger partial charge is 0.489 e. The number of ether oxygens (including phenoxy) is 4. The van der Waals surface area contributed by atoms with Crippen LogP contribution in [0.25, 0.3) is 89.7 Å². The average molecular weight is 1000 g/mol. The first-order valence-corrected chi connectivity index (χ1v) is 23.6. The zero-order valence-corrected chi connectivity index (χ0v) is 39.8. The monoisotopic (exact) mass is 999 g/mol. The van der Waals surface area contributed by atoms with Crippen molar-refractivity contribution in [2.45, 2.75) is 26.4 Å². The molecule has 11 aromatic rings. The number of fused-ring (bicyclic) bond motifs is 20. The molecular formula is C60H40CuN8O4. The van der Waals surface area contributed by atoms with E-state index in [1.807, 2.05) is 194 Å². The van der Waals surface area contributed by atoms with Crippen molar-refractivity contribution in [2.75, 3.05) is 0 Å². The second-order valence-electron chi connectivity index (χ2n) is 17.4. The third-order valence-electron chi connectivity index (χ3n) is 12.6. The van der Waals surface area contributed by atoms with Crippen molar-refractivity contribution in [2.24, 2.45) is 0 Å². The van der Waals surface area contributed by atoms with Gasteiger partial charge in [-0.1, -0.05) is 121 Å². The number of aromatic nitrogens is 8. The van der Waals surface area contributed by atoms with Crippen LogP contribution in [-0.4, -0.2) is 29.9 Å². The van der Waals surface area contributed by atoms with E-state index < -0.39 is 0 Å². The molecule has 13 rings (SSSR count). The van der Waals surface area contributed by atoms with Crippen molar-refractivity contribution in [3.63, 3.8) is 0 Å². The fourth-order valence-corrected chi connectivity index (χ4v) is 8.90. The van der Waals surface area contributed by atoms with Gasteiger partial charge in [-0.3, -0.25) is 0 Å². The summed E-state index contributed by atoms with van der Waals surface area (Å²) < 4.78 is 25.4. The van der Waals surface area contributed by atoms with Crippen LogP contribution in [0.15, 0.2) is 194 Å². The average Bonchev–Trinajstić information content (AvgIpc) is 4.16. The van der Waals surface area contributed by atoms with Gasteiger partial charge in [0, 0.05) is 44.8 Å². The maximum Gasteiger partial charge on any atom is 2.00 e. The fraction of sp³-hybridized carbons (Fsp3) is 0.0667. The van der Waals surface area contributed by atoms with E-state index in [1.54, 1.807) is 0 Å². The van der Waals surface area contributed by atoms with Crippen molar-refractivity contribution in [1.82, 2.24) is 39.9 Å². The van der Waals surface area contributed by atoms with E-state index >= 15 is 0 Å². The summed E-state index contributed by atoms with van der Waals surface area (Å²) in [6, 6.07) is 63.6. The summed E-state index contributed by atoms with van der Waals surface area (Å²) >= 11 is 0. The molecule has 5 heterocycles. The van der Waals surface area contributed by atoms with Gasteiger partial charge in [-0.25, -0.2) is 9.97 Å². The first-order valence-electron chi connectivity index (χ1n) is 23.6. The fourth-order valence-electron chi connectivity index (χ4n) is 8.90. The van der Waals surface area contributed by atoms with E-state index in [4.69, 9.17) is 58.8 Å². The molecule has 0 amide bonds. The van der Waals surface area contributed by atoms with Crippen molar-refractivity contribution < 1.29 is 36.0 Å². The summed E-state index contributed by atoms with van der Waals surface area (Å²) in [6.07, 6.45) is 0. The van der Waals surface area contributed by atoms with Gasteiger partial charge in [0.25, 0.3) is 0 Å². The van der Waals surface area contributed by atoms with Gasteiger partial charge in [-0.15, -0.1) is 0 Å². The maximum absolute atomic E-state index is 6.35. The molecule has 0 atom stereocenters. The minimum Gasteiger partial charge on any atom is -0.489 e. The first-order chi connectivity index (χ1) is 35.6. The SMILES string of the molecule is [Cu+2].c1ccc(COc2ccc3c(c2)-c2nc-3nc3[n-]c(nc4nc(nc5[n-]c(n2)c2ccc(OCc6ccccc6)cc52)-c2ccc(OCc5ccccc5)cc2-4)c2ccc(OCc4ccccc4)cc32)cc1. The van der Waals surface area contributed by atoms with Crippen molar-refractivity contribution in [1.29, 1.82) is 0 Å². The molecule has 0 unspecified atom stereocenters. The minimum atomic E-state index is 0. The molecule has 0 saturated carbocycles. The predicted octanol–water partition coefficient (Wildman–Crippen LogP) is 12.4. The Kier molecular flexibility index (Phi) is 12.1. The molecule has 13 heteroatoms. The molecule has 2 aliphatic heterocycles. The van der Waals surface area contributed by atoms with E-state index in [0.29, 0.717) is 95.3 Å². The molecule has 2 aliphatic rings. The Balaban J connectivity index is 0.00000543. The molecule has 12 nitrogen and oxygen atoms in total. The van der Waals surface area contributed by atoms with Crippen LogP contribution in [0, 0.1) is 0 Å². The van der Waals surface area contributed by atoms with Gasteiger partial charge in [0.2, 0.25) is 0 Å². The molecule has 355 valence electrons. The molecule has 0 saturated heterocycles. The Morgan fingerprint density at radius 2 is 0.562 bits per heavy atom. The largest absolute Gasteiger partial charge is 2.00 e. The van der Waals surface area contributed by atoms with Gasteiger partial charge in [0.05, 0.1) is 23.3 Å². The number of hydrogen-bond donors (Lipinski definition) is 0. The Hall–Kier alpha value is -9.16. The van der Waals surface area contributed by atoms with E-state index in [9.17, 15) is 0 Å². The van der Waals surface area contributed by atoms with Crippen LogP contribution >= 0.6 is 0 Å². The van der Waals surface area contributed by atoms with Crippen LogP contribution in [0.4, 0.5) is 0 Å². The molecule has 8 aromatic carbocycles. The van der Waals surface area contributed by atoms with Crippen LogP contribution in [0.5, 0.6) is 23.0 Å². The Morgan fingerprint density at radius 1 is 0.274 bits per heavy atom. The number of hydrogen-bond acceptors (Lipinski definition) is 10. The van der Waals surface area contributed by atoms with Crippen molar-refractivity contribution >= 4 is 44.1 Å². The molecule has 0 fully saturated rings. The quantitative estimate of drug-likeness (QED) is 0.108. The summed E-state index contributed by atoms with van der Waals surface area (Å²) in [5.41, 5.74) is 8.81. The van der Waals surface area contributed by atoms with E-state index in [1.165, 1.54) is 0 Å². The van der Waals surface area contributed by atoms with Gasteiger partial charge >= 0.3 is 17.1 Å². The summed E-state index contributed by atoms with van der Waals surface area (Å²) in [7, 11) is 0. The van der Waals surface area contributed by atoms with Crippen LogP contribution < -0.4 is 28.9 Å². The van der Waals surface area contributed by atoms with Gasteiger partial charge < -0.3 is 48.9 Å². The molecule has 1 radical (unpaired) electrons. The Labute approximate surface area is 429 Å². The maximum atomic E-state index is 6.35. The van der Waals surface area contributed by atoms with Crippen LogP contribution in [-0.2, 0) is 43.5 Å². The summed E-state index contributed by atoms with van der Waals surface area (Å²) in [4.78, 5) is 41.4.